The van der Waals surface area contributed by atoms with Gasteiger partial charge in [-0.3, -0.25) is 4.79 Å². The molecule has 1 nitrogen and oxygen atoms in total. The first kappa shape index (κ1) is 12.6. The number of benzene rings is 2. The fourth-order valence-corrected chi connectivity index (χ4v) is 5.26. The van der Waals surface area contributed by atoms with Crippen molar-refractivity contribution >= 4 is 16.6 Å². The van der Waals surface area contributed by atoms with Gasteiger partial charge in [0, 0.05) is 6.42 Å². The minimum atomic E-state index is -0.205. The second-order valence-corrected chi connectivity index (χ2v) is 7.39. The van der Waals surface area contributed by atoms with Crippen LogP contribution in [0.3, 0.4) is 0 Å². The van der Waals surface area contributed by atoms with Gasteiger partial charge in [-0.05, 0) is 71.6 Å². The number of carbonyl (C=O) groups excluding carboxylic acids is 1. The topological polar surface area (TPSA) is 17.1 Å². The highest BCUT2D eigenvalue weighted by atomic mass is 16.1. The van der Waals surface area contributed by atoms with Crippen molar-refractivity contribution in [2.75, 3.05) is 0 Å². The van der Waals surface area contributed by atoms with E-state index in [2.05, 4.69) is 49.4 Å². The summed E-state index contributed by atoms with van der Waals surface area (Å²) in [5, 5.41) is 2.64. The standard InChI is InChI=1S/C21H20O/c1-13-3-2-4-15-10-16-6-8-20(22)21(19(16)11-18(13)15)12-14-5-7-17(21)9-14/h2-5,7,10-11,14,17H,6,8-9,12H2,1H3. The lowest BCUT2D eigenvalue weighted by atomic mass is 9.62. The minimum Gasteiger partial charge on any atom is -0.299 e. The van der Waals surface area contributed by atoms with E-state index in [1.165, 1.54) is 33.9 Å². The molecule has 3 atom stereocenters. The van der Waals surface area contributed by atoms with E-state index >= 15 is 0 Å². The van der Waals surface area contributed by atoms with Crippen LogP contribution in [-0.4, -0.2) is 5.78 Å². The molecule has 0 aromatic heterocycles. The molecule has 1 saturated carbocycles. The lowest BCUT2D eigenvalue weighted by molar-refractivity contribution is -0.126. The fraction of sp³-hybridized carbons (Fsp3) is 0.381. The lowest BCUT2D eigenvalue weighted by Gasteiger charge is -2.40. The van der Waals surface area contributed by atoms with E-state index in [9.17, 15) is 4.79 Å². The van der Waals surface area contributed by atoms with Gasteiger partial charge in [0.05, 0.1) is 5.41 Å². The Hall–Kier alpha value is -1.89. The molecule has 2 aromatic rings. The van der Waals surface area contributed by atoms with Crippen molar-refractivity contribution in [3.63, 3.8) is 0 Å². The number of Topliss-reactive ketones (excluding diaryl/α,β-unsaturated/α-hetero) is 1. The third-order valence-corrected chi connectivity index (χ3v) is 6.31. The van der Waals surface area contributed by atoms with Gasteiger partial charge in [0.25, 0.3) is 0 Å². The first-order valence-electron chi connectivity index (χ1n) is 8.43. The Kier molecular flexibility index (Phi) is 2.35. The zero-order chi connectivity index (χ0) is 14.9. The Morgan fingerprint density at radius 2 is 2.05 bits per heavy atom. The molecule has 5 rings (SSSR count). The molecule has 1 spiro atoms. The van der Waals surface area contributed by atoms with E-state index in [1.807, 2.05) is 0 Å². The fourth-order valence-electron chi connectivity index (χ4n) is 5.26. The Bertz CT molecular complexity index is 844. The van der Waals surface area contributed by atoms with Gasteiger partial charge < -0.3 is 0 Å². The summed E-state index contributed by atoms with van der Waals surface area (Å²) in [6.07, 6.45) is 8.52. The Morgan fingerprint density at radius 3 is 2.82 bits per heavy atom. The summed E-state index contributed by atoms with van der Waals surface area (Å²) < 4.78 is 0. The van der Waals surface area contributed by atoms with Crippen LogP contribution in [0.1, 0.15) is 36.0 Å². The normalized spacial score (nSPS) is 32.1. The van der Waals surface area contributed by atoms with Crippen molar-refractivity contribution in [1.82, 2.24) is 0 Å². The molecule has 2 bridgehead atoms. The largest absolute Gasteiger partial charge is 0.299 e. The van der Waals surface area contributed by atoms with Crippen LogP contribution < -0.4 is 0 Å². The van der Waals surface area contributed by atoms with Crippen LogP contribution in [-0.2, 0) is 16.6 Å². The number of carbonyl (C=O) groups is 1. The number of aryl methyl sites for hydroxylation is 2. The van der Waals surface area contributed by atoms with E-state index < -0.39 is 0 Å². The number of allylic oxidation sites excluding steroid dienone is 2. The minimum absolute atomic E-state index is 0.205. The molecule has 3 aliphatic carbocycles. The van der Waals surface area contributed by atoms with E-state index in [4.69, 9.17) is 0 Å². The molecule has 0 N–H and O–H groups in total. The summed E-state index contributed by atoms with van der Waals surface area (Å²) in [5.74, 6) is 1.54. The molecule has 0 radical (unpaired) electrons. The smallest absolute Gasteiger partial charge is 0.144 e. The van der Waals surface area contributed by atoms with Gasteiger partial charge in [0.1, 0.15) is 5.78 Å². The van der Waals surface area contributed by atoms with Gasteiger partial charge in [-0.1, -0.05) is 36.4 Å². The number of fused-ring (bicyclic) bond motifs is 6. The van der Waals surface area contributed by atoms with Crippen LogP contribution in [0.4, 0.5) is 0 Å². The second kappa shape index (κ2) is 4.10. The highest BCUT2D eigenvalue weighted by molar-refractivity contribution is 5.97. The van der Waals surface area contributed by atoms with E-state index in [0.717, 1.165) is 19.3 Å². The summed E-state index contributed by atoms with van der Waals surface area (Å²) >= 11 is 0. The summed E-state index contributed by atoms with van der Waals surface area (Å²) in [4.78, 5) is 13.0. The second-order valence-electron chi connectivity index (χ2n) is 7.39. The average Bonchev–Trinajstić information content (AvgIpc) is 3.12. The van der Waals surface area contributed by atoms with Gasteiger partial charge in [0.2, 0.25) is 0 Å². The van der Waals surface area contributed by atoms with E-state index in [1.54, 1.807) is 0 Å². The van der Waals surface area contributed by atoms with Crippen LogP contribution in [0.25, 0.3) is 10.8 Å². The number of rotatable bonds is 0. The predicted octanol–water partition coefficient (Wildman–Crippen LogP) is 4.50. The maximum Gasteiger partial charge on any atom is 0.144 e. The van der Waals surface area contributed by atoms with Crippen molar-refractivity contribution < 1.29 is 4.79 Å². The molecular formula is C21H20O. The molecule has 22 heavy (non-hydrogen) atoms. The van der Waals surface area contributed by atoms with Crippen LogP contribution in [0, 0.1) is 18.8 Å². The Morgan fingerprint density at radius 1 is 1.14 bits per heavy atom. The van der Waals surface area contributed by atoms with Gasteiger partial charge in [-0.25, -0.2) is 0 Å². The van der Waals surface area contributed by atoms with Crippen molar-refractivity contribution in [1.29, 1.82) is 0 Å². The quantitative estimate of drug-likeness (QED) is 0.652. The van der Waals surface area contributed by atoms with E-state index in [0.29, 0.717) is 17.6 Å². The summed E-state index contributed by atoms with van der Waals surface area (Å²) in [6, 6.07) is 11.2. The number of ketones is 1. The van der Waals surface area contributed by atoms with Crippen LogP contribution in [0.15, 0.2) is 42.5 Å². The maximum atomic E-state index is 13.0. The van der Waals surface area contributed by atoms with E-state index in [-0.39, 0.29) is 5.41 Å². The SMILES string of the molecule is Cc1cccc2cc3c(cc12)C1(CC2C=CC1C2)C(=O)CC3. The summed E-state index contributed by atoms with van der Waals surface area (Å²) in [6.45, 7) is 2.17. The molecule has 0 aliphatic heterocycles. The number of hydrogen-bond donors (Lipinski definition) is 0. The molecule has 0 heterocycles. The molecule has 1 heteroatoms. The van der Waals surface area contributed by atoms with Crippen LogP contribution in [0.2, 0.25) is 0 Å². The van der Waals surface area contributed by atoms with Crippen molar-refractivity contribution in [3.8, 4) is 0 Å². The molecule has 3 aliphatic rings. The summed E-state index contributed by atoms with van der Waals surface area (Å²) in [5.41, 5.74) is 3.87. The average molecular weight is 288 g/mol. The third kappa shape index (κ3) is 1.42. The molecule has 1 fully saturated rings. The lowest BCUT2D eigenvalue weighted by Crippen LogP contribution is -2.43. The highest BCUT2D eigenvalue weighted by Gasteiger charge is 2.55. The van der Waals surface area contributed by atoms with Crippen LogP contribution >= 0.6 is 0 Å². The Balaban J connectivity index is 1.82. The molecule has 0 saturated heterocycles. The van der Waals surface area contributed by atoms with Crippen LogP contribution in [0.5, 0.6) is 0 Å². The first-order chi connectivity index (χ1) is 10.7. The highest BCUT2D eigenvalue weighted by Crippen LogP contribution is 2.57. The predicted molar refractivity (Wildman–Crippen MR) is 89.0 cm³/mol. The van der Waals surface area contributed by atoms with Gasteiger partial charge in [-0.2, -0.15) is 0 Å². The van der Waals surface area contributed by atoms with Gasteiger partial charge >= 0.3 is 0 Å². The zero-order valence-electron chi connectivity index (χ0n) is 12.9. The molecule has 0 amide bonds. The summed E-state index contributed by atoms with van der Waals surface area (Å²) in [7, 11) is 0. The Labute approximate surface area is 131 Å². The zero-order valence-corrected chi connectivity index (χ0v) is 12.9. The molecule has 110 valence electrons. The first-order valence-corrected chi connectivity index (χ1v) is 8.43. The molecular weight excluding hydrogens is 268 g/mol. The van der Waals surface area contributed by atoms with Crippen molar-refractivity contribution in [3.05, 3.63) is 59.2 Å². The van der Waals surface area contributed by atoms with Gasteiger partial charge in [0.15, 0.2) is 0 Å². The maximum absolute atomic E-state index is 13.0. The van der Waals surface area contributed by atoms with Crippen molar-refractivity contribution in [2.24, 2.45) is 11.8 Å². The van der Waals surface area contributed by atoms with Gasteiger partial charge in [-0.15, -0.1) is 0 Å². The molecule has 2 aromatic carbocycles. The monoisotopic (exact) mass is 288 g/mol. The third-order valence-electron chi connectivity index (χ3n) is 6.31. The number of hydrogen-bond acceptors (Lipinski definition) is 1. The molecule has 3 unspecified atom stereocenters. The van der Waals surface area contributed by atoms with Crippen molar-refractivity contribution in [2.45, 2.75) is 38.0 Å².